The summed E-state index contributed by atoms with van der Waals surface area (Å²) in [6.45, 7) is 3.29. The van der Waals surface area contributed by atoms with Crippen LogP contribution in [0.5, 0.6) is 5.75 Å². The van der Waals surface area contributed by atoms with Gasteiger partial charge in [0.15, 0.2) is 0 Å². The van der Waals surface area contributed by atoms with Crippen LogP contribution in [0.4, 0.5) is 0 Å². The van der Waals surface area contributed by atoms with E-state index in [2.05, 4.69) is 23.9 Å². The number of hydrogen-bond donors (Lipinski definition) is 2. The van der Waals surface area contributed by atoms with E-state index in [4.69, 9.17) is 14.7 Å². The third kappa shape index (κ3) is 4.60. The number of carboxylic acid groups (broad SMARTS) is 1. The average Bonchev–Trinajstić information content (AvgIpc) is 2.38. The van der Waals surface area contributed by atoms with E-state index in [0.29, 0.717) is 0 Å². The highest BCUT2D eigenvalue weighted by molar-refractivity contribution is 5.84. The normalized spacial score (nSPS) is 8.94. The van der Waals surface area contributed by atoms with Gasteiger partial charge in [-0.25, -0.2) is 4.79 Å². The summed E-state index contributed by atoms with van der Waals surface area (Å²) in [5.74, 6) is 5.17. The Balaban J connectivity index is 2.37. The van der Waals surface area contributed by atoms with E-state index in [1.54, 1.807) is 19.2 Å². The minimum absolute atomic E-state index is 0.0539. The summed E-state index contributed by atoms with van der Waals surface area (Å²) in [4.78, 5) is 15.1. The van der Waals surface area contributed by atoms with Crippen LogP contribution in [0.25, 0.3) is 0 Å². The van der Waals surface area contributed by atoms with E-state index in [1.165, 1.54) is 0 Å². The minimum atomic E-state index is -1.17. The van der Waals surface area contributed by atoms with Gasteiger partial charge in [0.2, 0.25) is 0 Å². The quantitative estimate of drug-likeness (QED) is 0.354. The Morgan fingerprint density at radius 2 is 2.11 bits per heavy atom. The highest BCUT2D eigenvalue weighted by atomic mass is 16.6. The number of aliphatic carboxylic acids is 1. The molecule has 0 unspecified atom stereocenters. The molecule has 0 fully saturated rings. The van der Waals surface area contributed by atoms with Crippen molar-refractivity contribution < 1.29 is 19.5 Å². The van der Waals surface area contributed by atoms with Crippen molar-refractivity contribution in [3.8, 4) is 17.6 Å². The zero-order chi connectivity index (χ0) is 13.4. The lowest BCUT2D eigenvalue weighted by Crippen LogP contribution is -2.19. The molecular formula is C13H13NO4. The third-order valence-corrected chi connectivity index (χ3v) is 1.92. The smallest absolute Gasteiger partial charge is 0.353 e. The van der Waals surface area contributed by atoms with E-state index in [-0.39, 0.29) is 12.3 Å². The first-order chi connectivity index (χ1) is 8.63. The topological polar surface area (TPSA) is 67.8 Å². The van der Waals surface area contributed by atoms with Crippen LogP contribution < -0.4 is 10.2 Å². The van der Waals surface area contributed by atoms with Gasteiger partial charge >= 0.3 is 5.97 Å². The largest absolute Gasteiger partial charge is 0.497 e. The molecule has 0 amide bonds. The maximum absolute atomic E-state index is 10.4. The number of hydrogen-bond acceptors (Lipinski definition) is 4. The highest BCUT2D eigenvalue weighted by Crippen LogP contribution is 2.09. The van der Waals surface area contributed by atoms with Crippen LogP contribution in [0.3, 0.4) is 0 Å². The molecule has 1 aromatic rings. The number of nitrogens with one attached hydrogen (secondary N) is 1. The maximum atomic E-state index is 10.4. The highest BCUT2D eigenvalue weighted by Gasteiger charge is 2.00. The molecule has 0 saturated carbocycles. The van der Waals surface area contributed by atoms with E-state index >= 15 is 0 Å². The maximum Gasteiger partial charge on any atom is 0.353 e. The molecule has 0 atom stereocenters. The average molecular weight is 247 g/mol. The lowest BCUT2D eigenvalue weighted by Gasteiger charge is -2.01. The second kappa shape index (κ2) is 6.99. The summed E-state index contributed by atoms with van der Waals surface area (Å²) < 4.78 is 5.01. The summed E-state index contributed by atoms with van der Waals surface area (Å²) in [6, 6.07) is 7.23. The molecule has 94 valence electrons. The van der Waals surface area contributed by atoms with Gasteiger partial charge in [0.1, 0.15) is 18.1 Å². The summed E-state index contributed by atoms with van der Waals surface area (Å²) in [7, 11) is 1.59. The number of carbonyl (C=O) groups is 1. The fraction of sp³-hybridized carbons (Fsp3) is 0.154. The number of rotatable bonds is 5. The van der Waals surface area contributed by atoms with Crippen molar-refractivity contribution in [2.45, 2.75) is 0 Å². The molecule has 18 heavy (non-hydrogen) atoms. The molecule has 0 aliphatic heterocycles. The monoisotopic (exact) mass is 247 g/mol. The van der Waals surface area contributed by atoms with Crippen LogP contribution in [0.2, 0.25) is 0 Å². The van der Waals surface area contributed by atoms with Gasteiger partial charge < -0.3 is 9.84 Å². The molecule has 1 aromatic carbocycles. The van der Waals surface area contributed by atoms with Crippen LogP contribution in [-0.4, -0.2) is 24.8 Å². The zero-order valence-corrected chi connectivity index (χ0v) is 9.90. The predicted octanol–water partition coefficient (Wildman–Crippen LogP) is 1.17. The van der Waals surface area contributed by atoms with Crippen molar-refractivity contribution in [1.29, 1.82) is 0 Å². The van der Waals surface area contributed by atoms with Gasteiger partial charge in [0.25, 0.3) is 0 Å². The van der Waals surface area contributed by atoms with Crippen LogP contribution >= 0.6 is 0 Å². The molecule has 0 saturated heterocycles. The zero-order valence-electron chi connectivity index (χ0n) is 9.90. The van der Waals surface area contributed by atoms with Crippen molar-refractivity contribution in [3.63, 3.8) is 0 Å². The summed E-state index contributed by atoms with van der Waals surface area (Å²) in [5, 5.41) is 8.48. The molecule has 5 nitrogen and oxygen atoms in total. The molecule has 0 spiro atoms. The first-order valence-electron chi connectivity index (χ1n) is 5.06. The van der Waals surface area contributed by atoms with Crippen molar-refractivity contribution in [3.05, 3.63) is 42.1 Å². The summed E-state index contributed by atoms with van der Waals surface area (Å²) in [6.07, 6.45) is 0. The lowest BCUT2D eigenvalue weighted by molar-refractivity contribution is -0.134. The molecule has 5 heteroatoms. The number of hydroxylamine groups is 1. The Labute approximate surface area is 105 Å². The Bertz CT molecular complexity index is 482. The second-order valence-electron chi connectivity index (χ2n) is 3.20. The van der Waals surface area contributed by atoms with Crippen LogP contribution in [0, 0.1) is 11.8 Å². The molecule has 1 rings (SSSR count). The Kier molecular flexibility index (Phi) is 5.29. The first kappa shape index (κ1) is 13.6. The van der Waals surface area contributed by atoms with Crippen LogP contribution in [0.1, 0.15) is 5.56 Å². The molecule has 0 aliphatic rings. The fourth-order valence-electron chi connectivity index (χ4n) is 1.02. The Hall–Kier alpha value is -2.45. The fourth-order valence-corrected chi connectivity index (χ4v) is 1.02. The number of benzene rings is 1. The van der Waals surface area contributed by atoms with Gasteiger partial charge in [-0.3, -0.25) is 10.3 Å². The standard InChI is InChI=1S/C13H13NO4/c1-10(13(15)16)14-18-9-3-4-11-5-7-12(17-2)8-6-11/h5-8,14H,1,9H2,2H3,(H,15,16). The molecule has 0 heterocycles. The summed E-state index contributed by atoms with van der Waals surface area (Å²) >= 11 is 0. The molecule has 0 radical (unpaired) electrons. The Morgan fingerprint density at radius 3 is 2.67 bits per heavy atom. The third-order valence-electron chi connectivity index (χ3n) is 1.92. The van der Waals surface area contributed by atoms with Crippen LogP contribution in [-0.2, 0) is 9.63 Å². The van der Waals surface area contributed by atoms with Crippen molar-refractivity contribution in [2.75, 3.05) is 13.7 Å². The predicted molar refractivity (Wildman–Crippen MR) is 65.7 cm³/mol. The van der Waals surface area contributed by atoms with E-state index in [9.17, 15) is 4.79 Å². The SMILES string of the molecule is C=C(NOCC#Cc1ccc(OC)cc1)C(=O)O. The van der Waals surface area contributed by atoms with E-state index in [0.717, 1.165) is 11.3 Å². The molecule has 2 N–H and O–H groups in total. The molecule has 0 aliphatic carbocycles. The molecule has 0 bridgehead atoms. The number of ether oxygens (including phenoxy) is 1. The minimum Gasteiger partial charge on any atom is -0.497 e. The number of methoxy groups -OCH3 is 1. The van der Waals surface area contributed by atoms with Crippen molar-refractivity contribution >= 4 is 5.97 Å². The van der Waals surface area contributed by atoms with Gasteiger partial charge in [-0.15, -0.1) is 0 Å². The van der Waals surface area contributed by atoms with Gasteiger partial charge in [-0.2, -0.15) is 0 Å². The van der Waals surface area contributed by atoms with E-state index in [1.807, 2.05) is 12.1 Å². The van der Waals surface area contributed by atoms with Gasteiger partial charge in [0, 0.05) is 5.56 Å². The van der Waals surface area contributed by atoms with E-state index < -0.39 is 5.97 Å². The first-order valence-corrected chi connectivity index (χ1v) is 5.06. The molecular weight excluding hydrogens is 234 g/mol. The summed E-state index contributed by atoms with van der Waals surface area (Å²) in [5.41, 5.74) is 2.75. The van der Waals surface area contributed by atoms with Crippen molar-refractivity contribution in [1.82, 2.24) is 5.48 Å². The van der Waals surface area contributed by atoms with Crippen molar-refractivity contribution in [2.24, 2.45) is 0 Å². The van der Waals surface area contributed by atoms with Gasteiger partial charge in [-0.05, 0) is 24.3 Å². The Morgan fingerprint density at radius 1 is 1.44 bits per heavy atom. The van der Waals surface area contributed by atoms with Crippen LogP contribution in [0.15, 0.2) is 36.5 Å². The molecule has 0 aromatic heterocycles. The number of carboxylic acids is 1. The second-order valence-corrected chi connectivity index (χ2v) is 3.20. The lowest BCUT2D eigenvalue weighted by atomic mass is 10.2. The van der Waals surface area contributed by atoms with Gasteiger partial charge in [0.05, 0.1) is 7.11 Å². The van der Waals surface area contributed by atoms with Gasteiger partial charge in [-0.1, -0.05) is 18.4 Å².